The summed E-state index contributed by atoms with van der Waals surface area (Å²) in [5, 5.41) is 15.5. The quantitative estimate of drug-likeness (QED) is 0.529. The average molecular weight is 510 g/mol. The number of hydrogen-bond donors (Lipinski definition) is 2. The van der Waals surface area contributed by atoms with Crippen molar-refractivity contribution >= 4 is 23.0 Å². The van der Waals surface area contributed by atoms with Gasteiger partial charge in [0.1, 0.15) is 12.7 Å². The Balaban J connectivity index is 1.50. The van der Waals surface area contributed by atoms with Crippen molar-refractivity contribution in [1.29, 1.82) is 5.26 Å². The summed E-state index contributed by atoms with van der Waals surface area (Å²) < 4.78 is 50.5. The summed E-state index contributed by atoms with van der Waals surface area (Å²) >= 11 is 0. The van der Waals surface area contributed by atoms with Gasteiger partial charge in [-0.3, -0.25) is 0 Å². The number of fused-ring (bicyclic) bond motifs is 1. The monoisotopic (exact) mass is 509 g/mol. The van der Waals surface area contributed by atoms with Crippen molar-refractivity contribution in [2.24, 2.45) is 0 Å². The molecule has 11 heteroatoms. The average Bonchev–Trinajstić information content (AvgIpc) is 2.91. The third-order valence-corrected chi connectivity index (χ3v) is 6.48. The van der Waals surface area contributed by atoms with Crippen LogP contribution in [0.4, 0.5) is 36.2 Å². The smallest absolute Gasteiger partial charge is 0.227 e. The molecular weight excluding hydrogens is 483 g/mol. The molecule has 192 valence electrons. The van der Waals surface area contributed by atoms with E-state index < -0.39 is 17.5 Å². The first-order valence-corrected chi connectivity index (χ1v) is 12.1. The molecule has 0 spiro atoms. The number of halogens is 3. The number of nitriles is 1. The summed E-state index contributed by atoms with van der Waals surface area (Å²) in [5.74, 6) is -2.51. The van der Waals surface area contributed by atoms with Gasteiger partial charge in [0, 0.05) is 37.8 Å². The lowest BCUT2D eigenvalue weighted by molar-refractivity contribution is 0.287. The van der Waals surface area contributed by atoms with Gasteiger partial charge >= 0.3 is 0 Å². The minimum absolute atomic E-state index is 0.0580. The second kappa shape index (κ2) is 10.1. The second-order valence-electron chi connectivity index (χ2n) is 9.13. The summed E-state index contributed by atoms with van der Waals surface area (Å²) in [6.45, 7) is 7.46. The van der Waals surface area contributed by atoms with Crippen LogP contribution in [0.5, 0.6) is 5.75 Å². The number of nitrogens with zero attached hydrogens (tertiary/aromatic N) is 5. The van der Waals surface area contributed by atoms with E-state index in [4.69, 9.17) is 4.74 Å². The van der Waals surface area contributed by atoms with E-state index in [1.54, 1.807) is 11.0 Å². The lowest BCUT2D eigenvalue weighted by Crippen LogP contribution is -2.44. The first kappa shape index (κ1) is 24.6. The van der Waals surface area contributed by atoms with E-state index in [0.29, 0.717) is 50.6 Å². The predicted octanol–water partition coefficient (Wildman–Crippen LogP) is 4.19. The van der Waals surface area contributed by atoms with Gasteiger partial charge in [-0.1, -0.05) is 0 Å². The predicted molar refractivity (Wildman–Crippen MR) is 135 cm³/mol. The molecule has 0 bridgehead atoms. The molecule has 0 radical (unpaired) electrons. The summed E-state index contributed by atoms with van der Waals surface area (Å²) in [6.07, 6.45) is 1.27. The summed E-state index contributed by atoms with van der Waals surface area (Å²) in [4.78, 5) is 12.3. The van der Waals surface area contributed by atoms with Crippen LogP contribution in [0.1, 0.15) is 19.4 Å². The Bertz CT molecular complexity index is 1370. The summed E-state index contributed by atoms with van der Waals surface area (Å²) in [6, 6.07) is 8.01. The van der Waals surface area contributed by atoms with Crippen molar-refractivity contribution in [3.63, 3.8) is 0 Å². The van der Waals surface area contributed by atoms with Crippen molar-refractivity contribution in [3.8, 4) is 23.1 Å². The number of aromatic nitrogens is 2. The molecule has 37 heavy (non-hydrogen) atoms. The van der Waals surface area contributed by atoms with E-state index >= 15 is 4.39 Å². The minimum Gasteiger partial charge on any atom is -0.486 e. The Morgan fingerprint density at radius 2 is 1.86 bits per heavy atom. The fraction of sp³-hybridized carbons (Fsp3) is 0.346. The molecule has 2 aliphatic rings. The maximum absolute atomic E-state index is 15.0. The lowest BCUT2D eigenvalue weighted by atomic mass is 10.0. The van der Waals surface area contributed by atoms with Crippen LogP contribution < -0.4 is 25.2 Å². The highest BCUT2D eigenvalue weighted by Crippen LogP contribution is 2.39. The van der Waals surface area contributed by atoms with Crippen LogP contribution in [0.15, 0.2) is 30.5 Å². The molecule has 1 fully saturated rings. The van der Waals surface area contributed by atoms with E-state index in [0.717, 1.165) is 0 Å². The van der Waals surface area contributed by atoms with Gasteiger partial charge in [-0.2, -0.15) is 5.26 Å². The van der Waals surface area contributed by atoms with Crippen molar-refractivity contribution in [2.75, 3.05) is 54.4 Å². The number of nitrogens with one attached hydrogen (secondary N) is 2. The largest absolute Gasteiger partial charge is 0.486 e. The molecule has 0 aliphatic carbocycles. The van der Waals surface area contributed by atoms with E-state index in [2.05, 4.69) is 20.6 Å². The number of anilines is 4. The van der Waals surface area contributed by atoms with Crippen molar-refractivity contribution < 1.29 is 17.9 Å². The molecule has 0 unspecified atom stereocenters. The van der Waals surface area contributed by atoms with Gasteiger partial charge in [0.05, 0.1) is 41.1 Å². The third kappa shape index (κ3) is 4.72. The van der Waals surface area contributed by atoms with Crippen molar-refractivity contribution in [1.82, 2.24) is 15.3 Å². The number of piperazine rings is 1. The van der Waals surface area contributed by atoms with Gasteiger partial charge in [0.15, 0.2) is 23.2 Å². The highest BCUT2D eigenvalue weighted by atomic mass is 19.2. The van der Waals surface area contributed by atoms with Crippen LogP contribution in [0.25, 0.3) is 11.3 Å². The molecular formula is C26H26F3N7O. The van der Waals surface area contributed by atoms with Gasteiger partial charge < -0.3 is 25.2 Å². The zero-order valence-electron chi connectivity index (χ0n) is 20.5. The Morgan fingerprint density at radius 3 is 2.59 bits per heavy atom. The molecule has 0 amide bonds. The van der Waals surface area contributed by atoms with Crippen LogP contribution in [-0.4, -0.2) is 55.3 Å². The van der Waals surface area contributed by atoms with E-state index in [9.17, 15) is 14.0 Å². The number of rotatable bonds is 5. The highest BCUT2D eigenvalue weighted by Gasteiger charge is 2.26. The Morgan fingerprint density at radius 1 is 1.08 bits per heavy atom. The molecule has 2 aromatic carbocycles. The van der Waals surface area contributed by atoms with E-state index in [1.807, 2.05) is 24.8 Å². The number of ether oxygens (including phenoxy) is 1. The van der Waals surface area contributed by atoms with Gasteiger partial charge in [-0.25, -0.2) is 23.1 Å². The molecule has 0 saturated carbocycles. The lowest BCUT2D eigenvalue weighted by Gasteiger charge is -2.34. The molecule has 5 rings (SSSR count). The summed E-state index contributed by atoms with van der Waals surface area (Å²) in [7, 11) is 0. The van der Waals surface area contributed by atoms with Crippen LogP contribution in [-0.2, 0) is 0 Å². The molecule has 1 saturated heterocycles. The maximum Gasteiger partial charge on any atom is 0.227 e. The second-order valence-corrected chi connectivity index (χ2v) is 9.13. The molecule has 3 heterocycles. The van der Waals surface area contributed by atoms with Crippen LogP contribution in [0, 0.1) is 28.8 Å². The van der Waals surface area contributed by atoms with Crippen molar-refractivity contribution in [3.05, 3.63) is 53.5 Å². The Hall–Kier alpha value is -4.04. The zero-order valence-corrected chi connectivity index (χ0v) is 20.5. The van der Waals surface area contributed by atoms with Crippen molar-refractivity contribution in [2.45, 2.75) is 19.9 Å². The van der Waals surface area contributed by atoms with Gasteiger partial charge in [-0.15, -0.1) is 0 Å². The third-order valence-electron chi connectivity index (χ3n) is 6.48. The summed E-state index contributed by atoms with van der Waals surface area (Å²) in [5.41, 5.74) is 1.21. The van der Waals surface area contributed by atoms with Gasteiger partial charge in [0.25, 0.3) is 0 Å². The normalized spacial score (nSPS) is 15.3. The molecule has 3 aromatic rings. The molecule has 0 atom stereocenters. The maximum atomic E-state index is 15.0. The van der Waals surface area contributed by atoms with E-state index in [1.165, 1.54) is 24.4 Å². The zero-order chi connectivity index (χ0) is 26.1. The van der Waals surface area contributed by atoms with Crippen LogP contribution in [0.3, 0.4) is 0 Å². The fourth-order valence-electron chi connectivity index (χ4n) is 4.62. The highest BCUT2D eigenvalue weighted by molar-refractivity contribution is 5.76. The first-order chi connectivity index (χ1) is 17.9. The first-order valence-electron chi connectivity index (χ1n) is 12.1. The van der Waals surface area contributed by atoms with Crippen LogP contribution in [0.2, 0.25) is 0 Å². The number of hydrogen-bond acceptors (Lipinski definition) is 8. The SMILES string of the molecule is CC(C)N1CCOc2c(F)cc(-c3nc(Nc4ccc(N5CCNCC5)c(F)c4F)ncc3C#N)cc21. The van der Waals surface area contributed by atoms with Gasteiger partial charge in [-0.05, 0) is 38.1 Å². The molecule has 2 aliphatic heterocycles. The standard InChI is InChI=1S/C26H26F3N7O/c1-15(2)36-9-10-37-25-18(27)11-16(12-21(25)36)24-17(13-30)14-32-26(34-24)33-19-3-4-20(23(29)22(19)28)35-7-5-31-6-8-35/h3-4,11-12,14-15,31H,5-10H2,1-2H3,(H,32,33,34). The fourth-order valence-corrected chi connectivity index (χ4v) is 4.62. The molecule has 2 N–H and O–H groups in total. The molecule has 1 aromatic heterocycles. The van der Waals surface area contributed by atoms with Gasteiger partial charge in [0.2, 0.25) is 5.95 Å². The van der Waals surface area contributed by atoms with E-state index in [-0.39, 0.29) is 40.4 Å². The van der Waals surface area contributed by atoms with Crippen LogP contribution >= 0.6 is 0 Å². The minimum atomic E-state index is -1.06. The topological polar surface area (TPSA) is 89.3 Å². The Labute approximate surface area is 212 Å². The number of benzene rings is 2. The Kier molecular flexibility index (Phi) is 6.76. The molecule has 8 nitrogen and oxygen atoms in total.